The summed E-state index contributed by atoms with van der Waals surface area (Å²) in [6.45, 7) is 1.16. The second-order valence-electron chi connectivity index (χ2n) is 7.15. The highest BCUT2D eigenvalue weighted by molar-refractivity contribution is 6.06. The van der Waals surface area contributed by atoms with Gasteiger partial charge in [-0.1, -0.05) is 6.07 Å². The first-order valence-corrected chi connectivity index (χ1v) is 9.50. The minimum atomic E-state index is -5.08. The van der Waals surface area contributed by atoms with Gasteiger partial charge in [-0.3, -0.25) is 14.6 Å². The summed E-state index contributed by atoms with van der Waals surface area (Å²) in [6.07, 6.45) is -7.86. The number of carbonyl (C=O) groups is 1. The van der Waals surface area contributed by atoms with Gasteiger partial charge in [0.05, 0.1) is 16.9 Å². The summed E-state index contributed by atoms with van der Waals surface area (Å²) in [7, 11) is 0. The van der Waals surface area contributed by atoms with Gasteiger partial charge in [0.15, 0.2) is 5.69 Å². The van der Waals surface area contributed by atoms with Crippen molar-refractivity contribution in [2.45, 2.75) is 19.3 Å². The molecule has 0 unspecified atom stereocenters. The van der Waals surface area contributed by atoms with Crippen LogP contribution in [0.3, 0.4) is 0 Å². The third-order valence-corrected chi connectivity index (χ3v) is 4.88. The molecule has 0 saturated carbocycles. The molecule has 4 rings (SSSR count). The lowest BCUT2D eigenvalue weighted by molar-refractivity contribution is -0.143. The average Bonchev–Trinajstić information content (AvgIpc) is 3.11. The first-order chi connectivity index (χ1) is 15.9. The van der Waals surface area contributed by atoms with E-state index in [9.17, 15) is 35.9 Å². The van der Waals surface area contributed by atoms with Crippen molar-refractivity contribution in [2.75, 3.05) is 5.32 Å². The molecule has 0 aliphatic heterocycles. The fourth-order valence-corrected chi connectivity index (χ4v) is 3.48. The number of aryl methyl sites for hydroxylation is 1. The number of fused-ring (bicyclic) bond motifs is 1. The third-order valence-electron chi connectivity index (χ3n) is 4.88. The summed E-state index contributed by atoms with van der Waals surface area (Å²) >= 11 is 0. The molecule has 2 N–H and O–H groups in total. The van der Waals surface area contributed by atoms with Crippen LogP contribution >= 0.6 is 0 Å². The van der Waals surface area contributed by atoms with E-state index in [1.807, 2.05) is 5.32 Å². The molecule has 0 saturated heterocycles. The van der Waals surface area contributed by atoms with E-state index in [1.54, 1.807) is 0 Å². The van der Waals surface area contributed by atoms with Gasteiger partial charge >= 0.3 is 12.4 Å². The molecule has 3 aromatic heterocycles. The Morgan fingerprint density at radius 2 is 1.76 bits per heavy atom. The Kier molecular flexibility index (Phi) is 5.42. The number of nitrogens with one attached hydrogen (secondary N) is 2. The van der Waals surface area contributed by atoms with Gasteiger partial charge in [-0.05, 0) is 37.3 Å². The Morgan fingerprint density at radius 3 is 2.44 bits per heavy atom. The topological polar surface area (TPSA) is 92.7 Å². The van der Waals surface area contributed by atoms with Crippen LogP contribution in [0.25, 0.3) is 16.5 Å². The number of alkyl halides is 6. The summed E-state index contributed by atoms with van der Waals surface area (Å²) in [5.74, 6) is -1.31. The summed E-state index contributed by atoms with van der Waals surface area (Å²) < 4.78 is 81.6. The number of anilines is 1. The molecule has 34 heavy (non-hydrogen) atoms. The Hall–Kier alpha value is -4.16. The monoisotopic (exact) mass is 481 g/mol. The third kappa shape index (κ3) is 4.11. The standard InChI is InChI=1S/C21H13F6N5O2/c1-10-16(19(34)30-11-5-7-28-15(9-11)20(22,23)24)17(21(25,26)27)32(31-10)14-4-2-3-13-12(14)6-8-29-18(13)33/h2-9H,1H3,(H,29,33)(H,28,30,34). The number of pyridine rings is 2. The molecule has 4 aromatic rings. The number of aromatic amines is 1. The fourth-order valence-electron chi connectivity index (χ4n) is 3.48. The van der Waals surface area contributed by atoms with E-state index in [0.29, 0.717) is 10.7 Å². The number of carbonyl (C=O) groups excluding carboxylic acids is 1. The second kappa shape index (κ2) is 8.01. The number of benzene rings is 1. The Bertz CT molecular complexity index is 1470. The van der Waals surface area contributed by atoms with Crippen LogP contribution < -0.4 is 10.9 Å². The van der Waals surface area contributed by atoms with E-state index in [0.717, 1.165) is 19.2 Å². The zero-order valence-corrected chi connectivity index (χ0v) is 17.0. The van der Waals surface area contributed by atoms with Gasteiger partial charge in [-0.15, -0.1) is 0 Å². The van der Waals surface area contributed by atoms with Crippen LogP contribution in [0.4, 0.5) is 32.0 Å². The van der Waals surface area contributed by atoms with Crippen LogP contribution in [-0.4, -0.2) is 25.7 Å². The maximum absolute atomic E-state index is 14.1. The van der Waals surface area contributed by atoms with Crippen LogP contribution in [0.2, 0.25) is 0 Å². The van der Waals surface area contributed by atoms with E-state index in [-0.39, 0.29) is 22.2 Å². The first kappa shape index (κ1) is 23.0. The lowest BCUT2D eigenvalue weighted by Crippen LogP contribution is -2.21. The molecular formula is C21H13F6N5O2. The average molecular weight is 481 g/mol. The second-order valence-corrected chi connectivity index (χ2v) is 7.15. The van der Waals surface area contributed by atoms with Crippen molar-refractivity contribution in [3.05, 3.63) is 81.8 Å². The molecule has 176 valence electrons. The van der Waals surface area contributed by atoms with Gasteiger partial charge in [-0.2, -0.15) is 31.4 Å². The summed E-state index contributed by atoms with van der Waals surface area (Å²) in [4.78, 5) is 30.4. The molecule has 1 amide bonds. The van der Waals surface area contributed by atoms with Crippen LogP contribution in [0, 0.1) is 6.92 Å². The van der Waals surface area contributed by atoms with Crippen LogP contribution in [0.15, 0.2) is 53.6 Å². The number of H-pyrrole nitrogens is 1. The maximum atomic E-state index is 14.1. The molecule has 0 aliphatic rings. The van der Waals surface area contributed by atoms with Gasteiger partial charge in [0.25, 0.3) is 11.5 Å². The molecule has 0 atom stereocenters. The fraction of sp³-hybridized carbons (Fsp3) is 0.143. The van der Waals surface area contributed by atoms with Crippen molar-refractivity contribution in [3.8, 4) is 5.69 Å². The summed E-state index contributed by atoms with van der Waals surface area (Å²) in [6, 6.07) is 6.97. The Labute approximate surface area is 186 Å². The summed E-state index contributed by atoms with van der Waals surface area (Å²) in [5.41, 5.74) is -5.01. The minimum absolute atomic E-state index is 0.101. The van der Waals surface area contributed by atoms with Crippen LogP contribution in [0.5, 0.6) is 0 Å². The molecule has 0 bridgehead atoms. The summed E-state index contributed by atoms with van der Waals surface area (Å²) in [5, 5.41) is 6.17. The van der Waals surface area contributed by atoms with Gasteiger partial charge in [0, 0.05) is 28.9 Å². The van der Waals surface area contributed by atoms with Crippen molar-refractivity contribution in [1.82, 2.24) is 19.7 Å². The largest absolute Gasteiger partial charge is 0.434 e. The van der Waals surface area contributed by atoms with E-state index < -0.39 is 46.5 Å². The van der Waals surface area contributed by atoms with Gasteiger partial charge in [0.2, 0.25) is 0 Å². The van der Waals surface area contributed by atoms with Gasteiger partial charge in [-0.25, -0.2) is 4.68 Å². The van der Waals surface area contributed by atoms with Crippen molar-refractivity contribution in [1.29, 1.82) is 0 Å². The van der Waals surface area contributed by atoms with E-state index in [4.69, 9.17) is 0 Å². The molecule has 0 radical (unpaired) electrons. The quantitative estimate of drug-likeness (QED) is 0.415. The smallest absolute Gasteiger partial charge is 0.329 e. The number of aromatic nitrogens is 4. The number of rotatable bonds is 3. The number of nitrogens with zero attached hydrogens (tertiary/aromatic N) is 3. The molecule has 3 heterocycles. The molecule has 1 aromatic carbocycles. The van der Waals surface area contributed by atoms with Crippen molar-refractivity contribution in [3.63, 3.8) is 0 Å². The van der Waals surface area contributed by atoms with Gasteiger partial charge in [0.1, 0.15) is 5.69 Å². The number of halogens is 6. The van der Waals surface area contributed by atoms with Crippen LogP contribution in [0.1, 0.15) is 27.4 Å². The predicted molar refractivity (Wildman–Crippen MR) is 109 cm³/mol. The molecule has 13 heteroatoms. The Balaban J connectivity index is 1.86. The van der Waals surface area contributed by atoms with E-state index in [1.165, 1.54) is 30.5 Å². The Morgan fingerprint density at radius 1 is 1.03 bits per heavy atom. The first-order valence-electron chi connectivity index (χ1n) is 9.50. The maximum Gasteiger partial charge on any atom is 0.434 e. The normalized spacial score (nSPS) is 12.2. The number of amides is 1. The SMILES string of the molecule is Cc1nn(-c2cccc3c(=O)[nH]ccc23)c(C(F)(F)F)c1C(=O)Nc1ccnc(C(F)(F)F)c1. The minimum Gasteiger partial charge on any atom is -0.329 e. The zero-order valence-electron chi connectivity index (χ0n) is 17.0. The van der Waals surface area contributed by atoms with E-state index in [2.05, 4.69) is 15.1 Å². The molecular weight excluding hydrogens is 468 g/mol. The molecule has 7 nitrogen and oxygen atoms in total. The lowest BCUT2D eigenvalue weighted by Gasteiger charge is -2.14. The van der Waals surface area contributed by atoms with Crippen LogP contribution in [-0.2, 0) is 12.4 Å². The van der Waals surface area contributed by atoms with Crippen molar-refractivity contribution in [2.24, 2.45) is 0 Å². The molecule has 0 spiro atoms. The molecule has 0 fully saturated rings. The van der Waals surface area contributed by atoms with Crippen molar-refractivity contribution < 1.29 is 31.1 Å². The predicted octanol–water partition coefficient (Wildman–Crippen LogP) is 4.71. The number of hydrogen-bond acceptors (Lipinski definition) is 4. The zero-order chi connectivity index (χ0) is 24.8. The van der Waals surface area contributed by atoms with Crippen molar-refractivity contribution >= 4 is 22.4 Å². The highest BCUT2D eigenvalue weighted by Gasteiger charge is 2.42. The van der Waals surface area contributed by atoms with Gasteiger partial charge < -0.3 is 10.3 Å². The highest BCUT2D eigenvalue weighted by Crippen LogP contribution is 2.37. The lowest BCUT2D eigenvalue weighted by atomic mass is 10.1. The highest BCUT2D eigenvalue weighted by atomic mass is 19.4. The molecule has 0 aliphatic carbocycles. The number of hydrogen-bond donors (Lipinski definition) is 2. The van der Waals surface area contributed by atoms with E-state index >= 15 is 0 Å².